The van der Waals surface area contributed by atoms with Crippen LogP contribution in [0.2, 0.25) is 0 Å². The van der Waals surface area contributed by atoms with Crippen molar-refractivity contribution in [2.75, 3.05) is 13.1 Å². The van der Waals surface area contributed by atoms with Crippen LogP contribution in [-0.4, -0.2) is 43.2 Å². The summed E-state index contributed by atoms with van der Waals surface area (Å²) in [7, 11) is 0. The van der Waals surface area contributed by atoms with Crippen LogP contribution < -0.4 is 5.56 Å². The van der Waals surface area contributed by atoms with Crippen molar-refractivity contribution in [2.45, 2.75) is 77.3 Å². The molecule has 7 heteroatoms. The number of H-pyrrole nitrogens is 1. The van der Waals surface area contributed by atoms with Crippen LogP contribution in [0.3, 0.4) is 0 Å². The van der Waals surface area contributed by atoms with E-state index in [-0.39, 0.29) is 11.6 Å². The fourth-order valence-electron chi connectivity index (χ4n) is 5.44. The molecule has 0 radical (unpaired) electrons. The number of aryl methyl sites for hydroxylation is 2. The van der Waals surface area contributed by atoms with E-state index < -0.39 is 0 Å². The molecule has 1 atom stereocenters. The standard InChI is InChI=1S/C24H32N6O/c1-16-11-12-17(2)21-19(16)15-20(24(31)25-21)22(29-13-7-3-4-8-14-29)23-26-27-28-30(23)18-9-5-6-10-18/h11-12,15,18,22H,3-10,13-14H2,1-2H3,(H,25,31). The van der Waals surface area contributed by atoms with Gasteiger partial charge in [-0.3, -0.25) is 9.69 Å². The lowest BCUT2D eigenvalue weighted by atomic mass is 9.99. The van der Waals surface area contributed by atoms with Crippen LogP contribution in [0.15, 0.2) is 23.0 Å². The highest BCUT2D eigenvalue weighted by Crippen LogP contribution is 2.35. The van der Waals surface area contributed by atoms with Crippen LogP contribution in [0, 0.1) is 13.8 Å². The maximum absolute atomic E-state index is 13.4. The zero-order valence-corrected chi connectivity index (χ0v) is 18.6. The van der Waals surface area contributed by atoms with Gasteiger partial charge in [-0.2, -0.15) is 0 Å². The molecule has 5 rings (SSSR count). The Morgan fingerprint density at radius 3 is 2.45 bits per heavy atom. The maximum atomic E-state index is 13.4. The van der Waals surface area contributed by atoms with E-state index in [2.05, 4.69) is 50.5 Å². The lowest BCUT2D eigenvalue weighted by Crippen LogP contribution is -2.36. The summed E-state index contributed by atoms with van der Waals surface area (Å²) in [6.07, 6.45) is 9.41. The van der Waals surface area contributed by atoms with Crippen molar-refractivity contribution in [2.24, 2.45) is 0 Å². The Balaban J connectivity index is 1.68. The van der Waals surface area contributed by atoms with Gasteiger partial charge in [-0.25, -0.2) is 4.68 Å². The highest BCUT2D eigenvalue weighted by atomic mass is 16.1. The summed E-state index contributed by atoms with van der Waals surface area (Å²) < 4.78 is 2.02. The average molecular weight is 421 g/mol. The fraction of sp³-hybridized carbons (Fsp3) is 0.583. The van der Waals surface area contributed by atoms with Crippen molar-refractivity contribution in [3.05, 3.63) is 51.1 Å². The Bertz CT molecular complexity index is 1120. The molecule has 1 unspecified atom stereocenters. The van der Waals surface area contributed by atoms with E-state index in [4.69, 9.17) is 0 Å². The predicted octanol–water partition coefficient (Wildman–Crippen LogP) is 4.21. The zero-order chi connectivity index (χ0) is 21.4. The van der Waals surface area contributed by atoms with Crippen molar-refractivity contribution in [3.63, 3.8) is 0 Å². The van der Waals surface area contributed by atoms with Crippen molar-refractivity contribution in [1.29, 1.82) is 0 Å². The number of nitrogens with zero attached hydrogens (tertiary/aromatic N) is 5. The first-order chi connectivity index (χ1) is 15.1. The molecule has 7 nitrogen and oxygen atoms in total. The molecule has 164 valence electrons. The second-order valence-electron chi connectivity index (χ2n) is 9.31. The SMILES string of the molecule is Cc1ccc(C)c2[nH]c(=O)c(C(c3nnnn3C3CCCC3)N3CCCCCC3)cc12. The number of hydrogen-bond donors (Lipinski definition) is 1. The third-order valence-corrected chi connectivity index (χ3v) is 7.21. The van der Waals surface area contributed by atoms with Gasteiger partial charge in [0.15, 0.2) is 5.82 Å². The number of fused-ring (bicyclic) bond motifs is 1. The monoisotopic (exact) mass is 420 g/mol. The van der Waals surface area contributed by atoms with Gasteiger partial charge < -0.3 is 4.98 Å². The van der Waals surface area contributed by atoms with Crippen LogP contribution in [0.25, 0.3) is 10.9 Å². The van der Waals surface area contributed by atoms with E-state index in [0.717, 1.165) is 66.6 Å². The van der Waals surface area contributed by atoms with E-state index >= 15 is 0 Å². The minimum absolute atomic E-state index is 0.0311. The lowest BCUT2D eigenvalue weighted by molar-refractivity contribution is 0.216. The molecule has 0 bridgehead atoms. The number of hydrogen-bond acceptors (Lipinski definition) is 5. The molecule has 1 N–H and O–H groups in total. The largest absolute Gasteiger partial charge is 0.321 e. The quantitative estimate of drug-likeness (QED) is 0.684. The van der Waals surface area contributed by atoms with Crippen molar-refractivity contribution >= 4 is 10.9 Å². The Morgan fingerprint density at radius 2 is 1.71 bits per heavy atom. The number of rotatable bonds is 4. The highest BCUT2D eigenvalue weighted by molar-refractivity contribution is 5.85. The lowest BCUT2D eigenvalue weighted by Gasteiger charge is -2.30. The number of likely N-dealkylation sites (tertiary alicyclic amines) is 1. The van der Waals surface area contributed by atoms with Crippen molar-refractivity contribution in [1.82, 2.24) is 30.1 Å². The first-order valence-corrected chi connectivity index (χ1v) is 11.8. The van der Waals surface area contributed by atoms with E-state index in [1.165, 1.54) is 31.2 Å². The molecule has 1 saturated heterocycles. The second kappa shape index (κ2) is 8.54. The molecule has 2 aromatic heterocycles. The van der Waals surface area contributed by atoms with Gasteiger partial charge in [0.1, 0.15) is 6.04 Å². The van der Waals surface area contributed by atoms with Crippen LogP contribution in [0.1, 0.15) is 86.0 Å². The second-order valence-corrected chi connectivity index (χ2v) is 9.31. The molecule has 1 aliphatic carbocycles. The number of tetrazole rings is 1. The Labute approximate surface area is 182 Å². The van der Waals surface area contributed by atoms with Gasteiger partial charge in [0.2, 0.25) is 0 Å². The number of aromatic nitrogens is 5. The summed E-state index contributed by atoms with van der Waals surface area (Å²) in [5.74, 6) is 0.823. The molecule has 3 heterocycles. The topological polar surface area (TPSA) is 79.7 Å². The van der Waals surface area contributed by atoms with Gasteiger partial charge >= 0.3 is 0 Å². The van der Waals surface area contributed by atoms with Crippen LogP contribution in [0.4, 0.5) is 0 Å². The van der Waals surface area contributed by atoms with E-state index in [0.29, 0.717) is 6.04 Å². The van der Waals surface area contributed by atoms with Gasteiger partial charge in [0, 0.05) is 10.9 Å². The smallest absolute Gasteiger partial charge is 0.253 e. The number of nitrogens with one attached hydrogen (secondary N) is 1. The Hall–Kier alpha value is -2.54. The van der Waals surface area contributed by atoms with Crippen molar-refractivity contribution in [3.8, 4) is 0 Å². The summed E-state index contributed by atoms with van der Waals surface area (Å²) in [4.78, 5) is 19.1. The summed E-state index contributed by atoms with van der Waals surface area (Å²) in [6.45, 7) is 6.08. The van der Waals surface area contributed by atoms with Crippen LogP contribution in [0.5, 0.6) is 0 Å². The Morgan fingerprint density at radius 1 is 1.00 bits per heavy atom. The first kappa shape index (κ1) is 20.4. The molecule has 1 saturated carbocycles. The number of pyridine rings is 1. The van der Waals surface area contributed by atoms with Crippen LogP contribution in [-0.2, 0) is 0 Å². The van der Waals surface area contributed by atoms with Crippen molar-refractivity contribution < 1.29 is 0 Å². The highest BCUT2D eigenvalue weighted by Gasteiger charge is 2.33. The average Bonchev–Trinajstić information content (AvgIpc) is 3.39. The summed E-state index contributed by atoms with van der Waals surface area (Å²) >= 11 is 0. The molecular weight excluding hydrogens is 388 g/mol. The van der Waals surface area contributed by atoms with E-state index in [1.54, 1.807) is 0 Å². The van der Waals surface area contributed by atoms with E-state index in [1.807, 2.05) is 11.6 Å². The molecule has 31 heavy (non-hydrogen) atoms. The van der Waals surface area contributed by atoms with Crippen LogP contribution >= 0.6 is 0 Å². The summed E-state index contributed by atoms with van der Waals surface area (Å²) in [6, 6.07) is 6.41. The number of aromatic amines is 1. The molecule has 2 aliphatic rings. The minimum atomic E-state index is -0.221. The molecule has 2 fully saturated rings. The van der Waals surface area contributed by atoms with Gasteiger partial charge in [-0.1, -0.05) is 37.8 Å². The van der Waals surface area contributed by atoms with E-state index in [9.17, 15) is 4.79 Å². The molecular formula is C24H32N6O. The Kier molecular flexibility index (Phi) is 5.61. The molecule has 1 aliphatic heterocycles. The number of benzene rings is 1. The first-order valence-electron chi connectivity index (χ1n) is 11.8. The normalized spacial score (nSPS) is 19.7. The molecule has 0 spiro atoms. The molecule has 0 amide bonds. The third-order valence-electron chi connectivity index (χ3n) is 7.21. The summed E-state index contributed by atoms with van der Waals surface area (Å²) in [5.41, 5.74) is 3.92. The third kappa shape index (κ3) is 3.80. The molecule has 3 aromatic rings. The fourth-order valence-corrected chi connectivity index (χ4v) is 5.44. The maximum Gasteiger partial charge on any atom is 0.253 e. The zero-order valence-electron chi connectivity index (χ0n) is 18.6. The predicted molar refractivity (Wildman–Crippen MR) is 121 cm³/mol. The summed E-state index contributed by atoms with van der Waals surface area (Å²) in [5, 5.41) is 14.1. The minimum Gasteiger partial charge on any atom is -0.321 e. The van der Waals surface area contributed by atoms with Gasteiger partial charge in [-0.15, -0.1) is 5.10 Å². The van der Waals surface area contributed by atoms with Gasteiger partial charge in [0.05, 0.1) is 11.6 Å². The molecule has 1 aromatic carbocycles. The van der Waals surface area contributed by atoms with Gasteiger partial charge in [-0.05, 0) is 80.2 Å². The van der Waals surface area contributed by atoms with Gasteiger partial charge in [0.25, 0.3) is 5.56 Å².